The van der Waals surface area contributed by atoms with Gasteiger partial charge < -0.3 is 15.2 Å². The fraction of sp³-hybridized carbons (Fsp3) is 0.227. The molecular weight excluding hydrogens is 373 g/mol. The summed E-state index contributed by atoms with van der Waals surface area (Å²) in [6, 6.07) is 11.1. The molecule has 0 aliphatic carbocycles. The molecule has 0 unspecified atom stereocenters. The average molecular weight is 393 g/mol. The van der Waals surface area contributed by atoms with Crippen molar-refractivity contribution in [1.29, 1.82) is 0 Å². The number of ether oxygens (including phenoxy) is 1. The van der Waals surface area contributed by atoms with Crippen LogP contribution in [-0.4, -0.2) is 34.2 Å². The lowest BCUT2D eigenvalue weighted by molar-refractivity contribution is -0.140. The molecule has 29 heavy (non-hydrogen) atoms. The van der Waals surface area contributed by atoms with Crippen molar-refractivity contribution in [3.05, 3.63) is 77.5 Å². The van der Waals surface area contributed by atoms with Gasteiger partial charge in [-0.25, -0.2) is 4.39 Å². The van der Waals surface area contributed by atoms with Crippen molar-refractivity contribution < 1.29 is 19.0 Å². The second-order valence-electron chi connectivity index (χ2n) is 7.15. The Balaban J connectivity index is 1.60. The van der Waals surface area contributed by atoms with Crippen LogP contribution in [0.4, 0.5) is 10.1 Å². The number of aromatic nitrogens is 2. The van der Waals surface area contributed by atoms with E-state index >= 15 is 0 Å². The van der Waals surface area contributed by atoms with Gasteiger partial charge in [0, 0.05) is 29.2 Å². The molecule has 3 heterocycles. The zero-order valence-electron chi connectivity index (χ0n) is 15.9. The minimum Gasteiger partial charge on any atom is -0.392 e. The number of rotatable bonds is 5. The summed E-state index contributed by atoms with van der Waals surface area (Å²) in [5.74, 6) is -0.617. The number of carbonyl (C=O) groups is 1. The number of hydrogen-bond donors (Lipinski definition) is 2. The molecule has 4 rings (SSSR count). The number of benzene rings is 1. The summed E-state index contributed by atoms with van der Waals surface area (Å²) in [4.78, 5) is 21.8. The first-order valence-electron chi connectivity index (χ1n) is 9.20. The number of hydrogen-bond acceptors (Lipinski definition) is 5. The van der Waals surface area contributed by atoms with Crippen molar-refractivity contribution in [3.63, 3.8) is 0 Å². The van der Waals surface area contributed by atoms with Gasteiger partial charge in [-0.2, -0.15) is 0 Å². The van der Waals surface area contributed by atoms with Crippen LogP contribution in [-0.2, 0) is 21.6 Å². The van der Waals surface area contributed by atoms with E-state index in [0.717, 1.165) is 16.7 Å². The van der Waals surface area contributed by atoms with E-state index in [4.69, 9.17) is 4.74 Å². The smallest absolute Gasteiger partial charge is 0.241 e. The molecule has 0 saturated carbocycles. The maximum atomic E-state index is 13.1. The molecule has 0 radical (unpaired) electrons. The molecule has 2 aromatic heterocycles. The van der Waals surface area contributed by atoms with Gasteiger partial charge >= 0.3 is 0 Å². The van der Waals surface area contributed by atoms with Gasteiger partial charge in [-0.05, 0) is 48.9 Å². The standard InChI is InChI=1S/C22H20FN3O3/c1-14-8-16(11-27)20(25-9-14)15-2-7-19(24-10-15)22(12-29-13-22)21(28)26-18-5-3-17(23)4-6-18/h2-10,27H,11-13H2,1H3,(H,26,28). The summed E-state index contributed by atoms with van der Waals surface area (Å²) in [5, 5.41) is 12.4. The van der Waals surface area contributed by atoms with Crippen molar-refractivity contribution in [1.82, 2.24) is 9.97 Å². The van der Waals surface area contributed by atoms with Gasteiger partial charge in [-0.3, -0.25) is 14.8 Å². The van der Waals surface area contributed by atoms with Gasteiger partial charge in [0.25, 0.3) is 0 Å². The van der Waals surface area contributed by atoms with Crippen LogP contribution in [0.15, 0.2) is 54.9 Å². The molecule has 2 N–H and O–H groups in total. The van der Waals surface area contributed by atoms with Crippen molar-refractivity contribution in [2.24, 2.45) is 0 Å². The average Bonchev–Trinajstić information content (AvgIpc) is 2.69. The highest BCUT2D eigenvalue weighted by atomic mass is 19.1. The van der Waals surface area contributed by atoms with E-state index in [0.29, 0.717) is 17.1 Å². The number of amides is 1. The van der Waals surface area contributed by atoms with Gasteiger partial charge in [0.1, 0.15) is 11.2 Å². The third kappa shape index (κ3) is 3.62. The monoisotopic (exact) mass is 393 g/mol. The second kappa shape index (κ2) is 7.69. The van der Waals surface area contributed by atoms with Crippen LogP contribution in [0.1, 0.15) is 16.8 Å². The van der Waals surface area contributed by atoms with Crippen molar-refractivity contribution in [3.8, 4) is 11.3 Å². The zero-order chi connectivity index (χ0) is 20.4. The van der Waals surface area contributed by atoms with Crippen molar-refractivity contribution in [2.45, 2.75) is 18.9 Å². The van der Waals surface area contributed by atoms with E-state index in [1.807, 2.05) is 19.1 Å². The van der Waals surface area contributed by atoms with Gasteiger partial charge in [-0.15, -0.1) is 0 Å². The largest absolute Gasteiger partial charge is 0.392 e. The minimum absolute atomic E-state index is 0.121. The highest BCUT2D eigenvalue weighted by Gasteiger charge is 2.48. The summed E-state index contributed by atoms with van der Waals surface area (Å²) in [5.41, 5.74) is 3.30. The molecule has 1 fully saturated rings. The molecule has 0 atom stereocenters. The third-order valence-electron chi connectivity index (χ3n) is 5.03. The highest BCUT2D eigenvalue weighted by molar-refractivity contribution is 5.99. The number of nitrogens with zero attached hydrogens (tertiary/aromatic N) is 2. The number of nitrogens with one attached hydrogen (secondary N) is 1. The molecule has 148 valence electrons. The van der Waals surface area contributed by atoms with Crippen LogP contribution in [0.2, 0.25) is 0 Å². The second-order valence-corrected chi connectivity index (χ2v) is 7.15. The summed E-state index contributed by atoms with van der Waals surface area (Å²) in [6.45, 7) is 2.23. The lowest BCUT2D eigenvalue weighted by atomic mass is 9.80. The summed E-state index contributed by atoms with van der Waals surface area (Å²) in [6.07, 6.45) is 3.39. The van der Waals surface area contributed by atoms with Crippen molar-refractivity contribution >= 4 is 11.6 Å². The van der Waals surface area contributed by atoms with E-state index in [9.17, 15) is 14.3 Å². The first-order chi connectivity index (χ1) is 14.0. The summed E-state index contributed by atoms with van der Waals surface area (Å²) < 4.78 is 18.4. The van der Waals surface area contributed by atoms with Gasteiger partial charge in [-0.1, -0.05) is 6.07 Å². The predicted octanol–water partition coefficient (Wildman–Crippen LogP) is 2.99. The highest BCUT2D eigenvalue weighted by Crippen LogP contribution is 2.34. The Bertz CT molecular complexity index is 1030. The first-order valence-corrected chi connectivity index (χ1v) is 9.20. The third-order valence-corrected chi connectivity index (χ3v) is 5.03. The Hall–Kier alpha value is -3.16. The maximum absolute atomic E-state index is 13.1. The molecule has 1 aromatic carbocycles. The van der Waals surface area contributed by atoms with E-state index in [2.05, 4.69) is 15.3 Å². The lowest BCUT2D eigenvalue weighted by Gasteiger charge is -2.39. The minimum atomic E-state index is -0.895. The van der Waals surface area contributed by atoms with Gasteiger partial charge in [0.15, 0.2) is 0 Å². The quantitative estimate of drug-likeness (QED) is 0.696. The number of aryl methyl sites for hydroxylation is 1. The van der Waals surface area contributed by atoms with E-state index in [-0.39, 0.29) is 31.5 Å². The Kier molecular flexibility index (Phi) is 5.08. The Morgan fingerprint density at radius 3 is 2.52 bits per heavy atom. The summed E-state index contributed by atoms with van der Waals surface area (Å²) >= 11 is 0. The SMILES string of the molecule is Cc1cnc(-c2ccc(C3(C(=O)Nc4ccc(F)cc4)COC3)nc2)c(CO)c1. The van der Waals surface area contributed by atoms with E-state index in [1.54, 1.807) is 18.5 Å². The Morgan fingerprint density at radius 1 is 1.17 bits per heavy atom. The number of anilines is 1. The molecule has 0 bridgehead atoms. The molecule has 1 aliphatic heterocycles. The molecule has 1 saturated heterocycles. The van der Waals surface area contributed by atoms with E-state index in [1.165, 1.54) is 24.3 Å². The number of aliphatic hydroxyl groups is 1. The number of carbonyl (C=O) groups excluding carboxylic acids is 1. The van der Waals surface area contributed by atoms with Gasteiger partial charge in [0.2, 0.25) is 5.91 Å². The number of halogens is 1. The molecule has 1 aliphatic rings. The first kappa shape index (κ1) is 19.2. The topological polar surface area (TPSA) is 84.3 Å². The molecular formula is C22H20FN3O3. The molecule has 3 aromatic rings. The number of pyridine rings is 2. The molecule has 1 amide bonds. The summed E-state index contributed by atoms with van der Waals surface area (Å²) in [7, 11) is 0. The van der Waals surface area contributed by atoms with Crippen LogP contribution in [0.5, 0.6) is 0 Å². The van der Waals surface area contributed by atoms with Crippen LogP contribution < -0.4 is 5.32 Å². The fourth-order valence-corrected chi connectivity index (χ4v) is 3.31. The van der Waals surface area contributed by atoms with Crippen molar-refractivity contribution in [2.75, 3.05) is 18.5 Å². The molecule has 0 spiro atoms. The van der Waals surface area contributed by atoms with Gasteiger partial charge in [0.05, 0.1) is 31.2 Å². The van der Waals surface area contributed by atoms with Crippen LogP contribution in [0.3, 0.4) is 0 Å². The molecule has 6 nitrogen and oxygen atoms in total. The predicted molar refractivity (Wildman–Crippen MR) is 106 cm³/mol. The van der Waals surface area contributed by atoms with E-state index < -0.39 is 5.41 Å². The Morgan fingerprint density at radius 2 is 1.93 bits per heavy atom. The van der Waals surface area contributed by atoms with Crippen LogP contribution >= 0.6 is 0 Å². The normalized spacial score (nSPS) is 14.9. The van der Waals surface area contributed by atoms with Crippen LogP contribution in [0, 0.1) is 12.7 Å². The molecule has 7 heteroatoms. The Labute approximate surface area is 167 Å². The van der Waals surface area contributed by atoms with Crippen LogP contribution in [0.25, 0.3) is 11.3 Å². The maximum Gasteiger partial charge on any atom is 0.241 e. The fourth-order valence-electron chi connectivity index (χ4n) is 3.31. The zero-order valence-corrected chi connectivity index (χ0v) is 15.9. The number of aliphatic hydroxyl groups excluding tert-OH is 1. The lowest BCUT2D eigenvalue weighted by Crippen LogP contribution is -2.56.